The highest BCUT2D eigenvalue weighted by molar-refractivity contribution is 4.89. The molecule has 124 valence electrons. The maximum atomic E-state index is 3.79. The highest BCUT2D eigenvalue weighted by atomic mass is 15.1. The highest BCUT2D eigenvalue weighted by Crippen LogP contribution is 2.31. The largest absolute Gasteiger partial charge is 0.313 e. The van der Waals surface area contributed by atoms with Crippen molar-refractivity contribution in [2.24, 2.45) is 11.3 Å². The van der Waals surface area contributed by atoms with Gasteiger partial charge in [0.25, 0.3) is 0 Å². The van der Waals surface area contributed by atoms with Gasteiger partial charge in [-0.05, 0) is 77.0 Å². The van der Waals surface area contributed by atoms with Gasteiger partial charge in [-0.2, -0.15) is 0 Å². The monoisotopic (exact) mass is 295 g/mol. The van der Waals surface area contributed by atoms with Crippen LogP contribution in [-0.2, 0) is 0 Å². The van der Waals surface area contributed by atoms with Gasteiger partial charge in [-0.15, -0.1) is 0 Å². The summed E-state index contributed by atoms with van der Waals surface area (Å²) in [5, 5.41) is 3.79. The topological polar surface area (TPSA) is 18.5 Å². The Kier molecular flexibility index (Phi) is 6.51. The molecule has 0 amide bonds. The zero-order valence-electron chi connectivity index (χ0n) is 14.8. The first-order valence-corrected chi connectivity index (χ1v) is 9.17. The normalized spacial score (nSPS) is 22.1. The van der Waals surface area contributed by atoms with Crippen LogP contribution < -0.4 is 5.32 Å². The second-order valence-corrected chi connectivity index (χ2v) is 7.84. The molecule has 0 spiro atoms. The summed E-state index contributed by atoms with van der Waals surface area (Å²) >= 11 is 0. The van der Waals surface area contributed by atoms with Crippen molar-refractivity contribution in [3.05, 3.63) is 0 Å². The average Bonchev–Trinajstić information content (AvgIpc) is 3.29. The Hall–Kier alpha value is -0.120. The number of rotatable bonds is 9. The third kappa shape index (κ3) is 5.54. The molecule has 21 heavy (non-hydrogen) atoms. The Morgan fingerprint density at radius 3 is 2.14 bits per heavy atom. The van der Waals surface area contributed by atoms with Gasteiger partial charge < -0.3 is 15.1 Å². The molecule has 1 saturated carbocycles. The van der Waals surface area contributed by atoms with E-state index in [0.717, 1.165) is 12.0 Å². The lowest BCUT2D eigenvalue weighted by Crippen LogP contribution is -2.47. The summed E-state index contributed by atoms with van der Waals surface area (Å²) in [4.78, 5) is 5.09. The van der Waals surface area contributed by atoms with Crippen LogP contribution in [0.4, 0.5) is 0 Å². The van der Waals surface area contributed by atoms with E-state index in [2.05, 4.69) is 43.1 Å². The average molecular weight is 296 g/mol. The molecule has 1 aliphatic carbocycles. The first kappa shape index (κ1) is 17.2. The van der Waals surface area contributed by atoms with E-state index in [1.165, 1.54) is 71.2 Å². The van der Waals surface area contributed by atoms with E-state index in [1.807, 2.05) is 0 Å². The standard InChI is InChI=1S/C18H37N3/c1-5-18(6-2,14-19-17-7-8-17)15-21-11-9-16(10-12-21)13-20(3)4/h16-17,19H,5-15H2,1-4H3. The Morgan fingerprint density at radius 1 is 1.05 bits per heavy atom. The molecule has 2 aliphatic rings. The van der Waals surface area contributed by atoms with Gasteiger partial charge in [0, 0.05) is 25.7 Å². The van der Waals surface area contributed by atoms with Crippen molar-refractivity contribution in [2.45, 2.75) is 58.4 Å². The molecule has 3 nitrogen and oxygen atoms in total. The molecule has 2 rings (SSSR count). The molecule has 0 radical (unpaired) electrons. The number of nitrogens with one attached hydrogen (secondary N) is 1. The maximum Gasteiger partial charge on any atom is 0.00684 e. The van der Waals surface area contributed by atoms with Crippen LogP contribution in [0.25, 0.3) is 0 Å². The van der Waals surface area contributed by atoms with Crippen molar-refractivity contribution in [1.29, 1.82) is 0 Å². The van der Waals surface area contributed by atoms with Crippen LogP contribution in [0.2, 0.25) is 0 Å². The van der Waals surface area contributed by atoms with Crippen molar-refractivity contribution in [1.82, 2.24) is 15.1 Å². The predicted molar refractivity (Wildman–Crippen MR) is 91.8 cm³/mol. The van der Waals surface area contributed by atoms with Crippen molar-refractivity contribution in [2.75, 3.05) is 46.8 Å². The number of piperidine rings is 1. The van der Waals surface area contributed by atoms with Crippen LogP contribution in [-0.4, -0.2) is 62.7 Å². The second kappa shape index (κ2) is 7.94. The van der Waals surface area contributed by atoms with Crippen molar-refractivity contribution in [3.8, 4) is 0 Å². The molecule has 1 saturated heterocycles. The third-order valence-corrected chi connectivity index (χ3v) is 5.73. The molecule has 0 aromatic heterocycles. The Bertz CT molecular complexity index is 287. The molecule has 1 N–H and O–H groups in total. The summed E-state index contributed by atoms with van der Waals surface area (Å²) < 4.78 is 0. The van der Waals surface area contributed by atoms with E-state index in [-0.39, 0.29) is 0 Å². The minimum absolute atomic E-state index is 0.497. The first-order valence-electron chi connectivity index (χ1n) is 9.17. The van der Waals surface area contributed by atoms with Crippen LogP contribution in [0.15, 0.2) is 0 Å². The molecule has 0 aromatic rings. The number of nitrogens with zero attached hydrogens (tertiary/aromatic N) is 2. The Morgan fingerprint density at radius 2 is 1.67 bits per heavy atom. The third-order valence-electron chi connectivity index (χ3n) is 5.73. The van der Waals surface area contributed by atoms with Gasteiger partial charge in [0.1, 0.15) is 0 Å². The molecule has 0 bridgehead atoms. The summed E-state index contributed by atoms with van der Waals surface area (Å²) in [5.41, 5.74) is 0.497. The lowest BCUT2D eigenvalue weighted by molar-refractivity contribution is 0.0934. The summed E-state index contributed by atoms with van der Waals surface area (Å²) in [6, 6.07) is 0.841. The molecule has 3 heteroatoms. The molecule has 0 aromatic carbocycles. The highest BCUT2D eigenvalue weighted by Gasteiger charge is 2.32. The lowest BCUT2D eigenvalue weighted by Gasteiger charge is -2.41. The van der Waals surface area contributed by atoms with Crippen LogP contribution in [0.1, 0.15) is 52.4 Å². The van der Waals surface area contributed by atoms with Gasteiger partial charge in [-0.3, -0.25) is 0 Å². The summed E-state index contributed by atoms with van der Waals surface area (Å²) in [6.07, 6.45) is 8.19. The molecule has 1 heterocycles. The minimum atomic E-state index is 0.497. The van der Waals surface area contributed by atoms with Crippen LogP contribution in [0.3, 0.4) is 0 Å². The fraction of sp³-hybridized carbons (Fsp3) is 1.00. The van der Waals surface area contributed by atoms with E-state index in [4.69, 9.17) is 0 Å². The number of hydrogen-bond donors (Lipinski definition) is 1. The smallest absolute Gasteiger partial charge is 0.00684 e. The predicted octanol–water partition coefficient (Wildman–Crippen LogP) is 2.82. The van der Waals surface area contributed by atoms with E-state index >= 15 is 0 Å². The molecule has 0 unspecified atom stereocenters. The van der Waals surface area contributed by atoms with Gasteiger partial charge in [-0.25, -0.2) is 0 Å². The Labute approximate surface area is 132 Å². The quantitative estimate of drug-likeness (QED) is 0.706. The Balaban J connectivity index is 1.77. The number of hydrogen-bond acceptors (Lipinski definition) is 3. The first-order chi connectivity index (χ1) is 10.1. The zero-order valence-corrected chi connectivity index (χ0v) is 14.8. The maximum absolute atomic E-state index is 3.79. The summed E-state index contributed by atoms with van der Waals surface area (Å²) in [6.45, 7) is 11.2. The minimum Gasteiger partial charge on any atom is -0.313 e. The van der Waals surface area contributed by atoms with Gasteiger partial charge >= 0.3 is 0 Å². The SMILES string of the molecule is CCC(CC)(CNC1CC1)CN1CCC(CN(C)C)CC1. The second-order valence-electron chi connectivity index (χ2n) is 7.84. The molecular weight excluding hydrogens is 258 g/mol. The van der Waals surface area contributed by atoms with Gasteiger partial charge in [0.05, 0.1) is 0 Å². The summed E-state index contributed by atoms with van der Waals surface area (Å²) in [5.74, 6) is 0.915. The lowest BCUT2D eigenvalue weighted by atomic mass is 9.80. The fourth-order valence-corrected chi connectivity index (χ4v) is 3.75. The van der Waals surface area contributed by atoms with Gasteiger partial charge in [0.2, 0.25) is 0 Å². The van der Waals surface area contributed by atoms with Crippen molar-refractivity contribution in [3.63, 3.8) is 0 Å². The molecular formula is C18H37N3. The van der Waals surface area contributed by atoms with Gasteiger partial charge in [-0.1, -0.05) is 13.8 Å². The summed E-state index contributed by atoms with van der Waals surface area (Å²) in [7, 11) is 4.41. The molecule has 1 aliphatic heterocycles. The van der Waals surface area contributed by atoms with E-state index in [9.17, 15) is 0 Å². The van der Waals surface area contributed by atoms with Gasteiger partial charge in [0.15, 0.2) is 0 Å². The van der Waals surface area contributed by atoms with Crippen LogP contribution in [0.5, 0.6) is 0 Å². The van der Waals surface area contributed by atoms with Crippen molar-refractivity contribution < 1.29 is 0 Å². The molecule has 0 atom stereocenters. The van der Waals surface area contributed by atoms with Crippen LogP contribution in [0, 0.1) is 11.3 Å². The van der Waals surface area contributed by atoms with E-state index in [1.54, 1.807) is 0 Å². The fourth-order valence-electron chi connectivity index (χ4n) is 3.75. The van der Waals surface area contributed by atoms with E-state index in [0.29, 0.717) is 5.41 Å². The van der Waals surface area contributed by atoms with Crippen molar-refractivity contribution >= 4 is 0 Å². The van der Waals surface area contributed by atoms with E-state index < -0.39 is 0 Å². The zero-order chi connectivity index (χ0) is 15.3. The molecule has 2 fully saturated rings. The number of likely N-dealkylation sites (tertiary alicyclic amines) is 1. The van der Waals surface area contributed by atoms with Crippen LogP contribution >= 0.6 is 0 Å².